The lowest BCUT2D eigenvalue weighted by molar-refractivity contribution is 0.411. The summed E-state index contributed by atoms with van der Waals surface area (Å²) in [5.74, 6) is 1.43. The van der Waals surface area contributed by atoms with Crippen LogP contribution in [-0.4, -0.2) is 52.3 Å². The molecule has 0 saturated carbocycles. The lowest BCUT2D eigenvalue weighted by Crippen LogP contribution is -2.50. The molecule has 1 aliphatic heterocycles. The molecule has 31 heavy (non-hydrogen) atoms. The number of aromatic nitrogens is 4. The lowest BCUT2D eigenvalue weighted by atomic mass is 10.2. The number of nitrogens with zero attached hydrogens (tertiary/aromatic N) is 5. The minimum Gasteiger partial charge on any atom is -0.497 e. The molecule has 3 aromatic heterocycles. The fraction of sp³-hybridized carbons (Fsp3) is 0.261. The van der Waals surface area contributed by atoms with Crippen LogP contribution >= 0.6 is 0 Å². The van der Waals surface area contributed by atoms with E-state index in [2.05, 4.69) is 22.1 Å². The summed E-state index contributed by atoms with van der Waals surface area (Å²) < 4.78 is 22.0. The van der Waals surface area contributed by atoms with Crippen molar-refractivity contribution in [2.75, 3.05) is 31.6 Å². The van der Waals surface area contributed by atoms with E-state index in [1.54, 1.807) is 24.5 Å². The van der Waals surface area contributed by atoms with Crippen molar-refractivity contribution in [2.24, 2.45) is 0 Å². The first-order valence-electron chi connectivity index (χ1n) is 10.3. The molecule has 0 spiro atoms. The first-order valence-corrected chi connectivity index (χ1v) is 10.3. The Kier molecular flexibility index (Phi) is 4.99. The lowest BCUT2D eigenvalue weighted by Gasteiger charge is -2.34. The van der Waals surface area contributed by atoms with E-state index < -0.39 is 5.82 Å². The molecule has 4 aromatic rings. The number of hydrogen-bond donors (Lipinski definition) is 1. The predicted octanol–water partition coefficient (Wildman–Crippen LogP) is 3.43. The number of halogens is 1. The van der Waals surface area contributed by atoms with E-state index >= 15 is 0 Å². The van der Waals surface area contributed by atoms with Crippen LogP contribution in [0.1, 0.15) is 6.92 Å². The number of pyridine rings is 2. The second-order valence-electron chi connectivity index (χ2n) is 7.58. The predicted molar refractivity (Wildman–Crippen MR) is 118 cm³/mol. The van der Waals surface area contributed by atoms with Crippen molar-refractivity contribution in [3.8, 4) is 22.8 Å². The number of piperazine rings is 1. The van der Waals surface area contributed by atoms with Gasteiger partial charge in [-0.2, -0.15) is 0 Å². The molecule has 1 aromatic carbocycles. The van der Waals surface area contributed by atoms with E-state index in [0.29, 0.717) is 34.3 Å². The van der Waals surface area contributed by atoms with Gasteiger partial charge in [0.25, 0.3) is 0 Å². The summed E-state index contributed by atoms with van der Waals surface area (Å²) in [6, 6.07) is 12.8. The highest BCUT2D eigenvalue weighted by atomic mass is 19.1. The van der Waals surface area contributed by atoms with E-state index in [0.717, 1.165) is 31.1 Å². The average Bonchev–Trinajstić information content (AvgIpc) is 3.18. The fourth-order valence-corrected chi connectivity index (χ4v) is 4.01. The minimum atomic E-state index is -0.402. The Balaban J connectivity index is 1.72. The highest BCUT2D eigenvalue weighted by molar-refractivity contribution is 5.81. The first kappa shape index (κ1) is 19.4. The van der Waals surface area contributed by atoms with E-state index in [4.69, 9.17) is 14.7 Å². The maximum Gasteiger partial charge on any atom is 0.167 e. The SMILES string of the molecule is COc1ccc(-c2nc3ccc(N4CCNCC4C)nc3n2-c2ccncc2)c(F)c1. The van der Waals surface area contributed by atoms with Crippen LogP contribution in [0.5, 0.6) is 5.75 Å². The maximum atomic E-state index is 15.0. The van der Waals surface area contributed by atoms with Gasteiger partial charge in [-0.05, 0) is 43.3 Å². The Bertz CT molecular complexity index is 1230. The zero-order valence-corrected chi connectivity index (χ0v) is 17.4. The molecule has 1 saturated heterocycles. The molecule has 8 heteroatoms. The number of fused-ring (bicyclic) bond motifs is 1. The molecule has 158 valence electrons. The van der Waals surface area contributed by atoms with Crippen LogP contribution < -0.4 is 15.0 Å². The molecule has 0 radical (unpaired) electrons. The first-order chi connectivity index (χ1) is 15.2. The third-order valence-electron chi connectivity index (χ3n) is 5.62. The molecule has 1 unspecified atom stereocenters. The van der Waals surface area contributed by atoms with Gasteiger partial charge in [0.15, 0.2) is 5.65 Å². The van der Waals surface area contributed by atoms with Crippen LogP contribution in [0.25, 0.3) is 28.2 Å². The molecular formula is C23H23FN6O. The third kappa shape index (κ3) is 3.48. The average molecular weight is 418 g/mol. The van der Waals surface area contributed by atoms with E-state index in [-0.39, 0.29) is 0 Å². The van der Waals surface area contributed by atoms with Gasteiger partial charge in [-0.1, -0.05) is 0 Å². The van der Waals surface area contributed by atoms with Crippen molar-refractivity contribution >= 4 is 17.0 Å². The molecule has 1 atom stereocenters. The van der Waals surface area contributed by atoms with Crippen LogP contribution in [0, 0.1) is 5.82 Å². The molecule has 1 aliphatic rings. The van der Waals surface area contributed by atoms with Gasteiger partial charge in [0, 0.05) is 44.1 Å². The Morgan fingerprint density at radius 1 is 1.10 bits per heavy atom. The summed E-state index contributed by atoms with van der Waals surface area (Å²) >= 11 is 0. The number of ether oxygens (including phenoxy) is 1. The van der Waals surface area contributed by atoms with Gasteiger partial charge in [-0.15, -0.1) is 0 Å². The molecular weight excluding hydrogens is 395 g/mol. The second-order valence-corrected chi connectivity index (χ2v) is 7.58. The van der Waals surface area contributed by atoms with E-state index in [9.17, 15) is 4.39 Å². The van der Waals surface area contributed by atoms with Crippen LogP contribution in [0.4, 0.5) is 10.2 Å². The summed E-state index contributed by atoms with van der Waals surface area (Å²) in [5, 5.41) is 3.40. The van der Waals surface area contributed by atoms with E-state index in [1.165, 1.54) is 13.2 Å². The van der Waals surface area contributed by atoms with Gasteiger partial charge >= 0.3 is 0 Å². The maximum absolute atomic E-state index is 15.0. The number of anilines is 1. The summed E-state index contributed by atoms with van der Waals surface area (Å²) in [6.07, 6.45) is 3.41. The second kappa shape index (κ2) is 7.96. The van der Waals surface area contributed by atoms with Crippen molar-refractivity contribution in [1.82, 2.24) is 24.8 Å². The number of rotatable bonds is 4. The van der Waals surface area contributed by atoms with Crippen molar-refractivity contribution in [1.29, 1.82) is 0 Å². The number of nitrogens with one attached hydrogen (secondary N) is 1. The largest absolute Gasteiger partial charge is 0.497 e. The molecule has 1 fully saturated rings. The van der Waals surface area contributed by atoms with Gasteiger partial charge in [0.2, 0.25) is 0 Å². The zero-order valence-electron chi connectivity index (χ0n) is 17.4. The molecule has 4 heterocycles. The molecule has 1 N–H and O–H groups in total. The zero-order chi connectivity index (χ0) is 21.4. The number of methoxy groups -OCH3 is 1. The summed E-state index contributed by atoms with van der Waals surface area (Å²) in [6.45, 7) is 4.88. The molecule has 5 rings (SSSR count). The van der Waals surface area contributed by atoms with Gasteiger partial charge in [-0.25, -0.2) is 14.4 Å². The summed E-state index contributed by atoms with van der Waals surface area (Å²) in [4.78, 5) is 16.1. The highest BCUT2D eigenvalue weighted by Gasteiger charge is 2.23. The molecule has 7 nitrogen and oxygen atoms in total. The van der Waals surface area contributed by atoms with Crippen LogP contribution in [0.2, 0.25) is 0 Å². The molecule has 0 amide bonds. The minimum absolute atomic E-state index is 0.328. The van der Waals surface area contributed by atoms with Crippen LogP contribution in [-0.2, 0) is 0 Å². The van der Waals surface area contributed by atoms with Gasteiger partial charge < -0.3 is 15.0 Å². The van der Waals surface area contributed by atoms with Crippen LogP contribution in [0.3, 0.4) is 0 Å². The Morgan fingerprint density at radius 2 is 1.94 bits per heavy atom. The van der Waals surface area contributed by atoms with Crippen molar-refractivity contribution in [3.63, 3.8) is 0 Å². The Morgan fingerprint density at radius 3 is 2.68 bits per heavy atom. The van der Waals surface area contributed by atoms with Gasteiger partial charge in [-0.3, -0.25) is 9.55 Å². The van der Waals surface area contributed by atoms with Crippen molar-refractivity contribution in [3.05, 3.63) is 60.7 Å². The molecule has 0 aliphatic carbocycles. The number of hydrogen-bond acceptors (Lipinski definition) is 6. The third-order valence-corrected chi connectivity index (χ3v) is 5.62. The Hall–Kier alpha value is -3.52. The highest BCUT2D eigenvalue weighted by Crippen LogP contribution is 2.32. The molecule has 0 bridgehead atoms. The van der Waals surface area contributed by atoms with Gasteiger partial charge in [0.1, 0.15) is 28.7 Å². The fourth-order valence-electron chi connectivity index (χ4n) is 4.01. The summed E-state index contributed by atoms with van der Waals surface area (Å²) in [7, 11) is 1.52. The Labute approximate surface area is 179 Å². The monoisotopic (exact) mass is 418 g/mol. The normalized spacial score (nSPS) is 16.6. The van der Waals surface area contributed by atoms with Crippen molar-refractivity contribution in [2.45, 2.75) is 13.0 Å². The smallest absolute Gasteiger partial charge is 0.167 e. The quantitative estimate of drug-likeness (QED) is 0.548. The van der Waals surface area contributed by atoms with Gasteiger partial charge in [0.05, 0.1) is 18.4 Å². The number of benzene rings is 1. The van der Waals surface area contributed by atoms with Crippen LogP contribution in [0.15, 0.2) is 54.9 Å². The topological polar surface area (TPSA) is 68.1 Å². The van der Waals surface area contributed by atoms with Crippen molar-refractivity contribution < 1.29 is 9.13 Å². The number of imidazole rings is 1. The van der Waals surface area contributed by atoms with E-state index in [1.807, 2.05) is 28.8 Å². The summed E-state index contributed by atoms with van der Waals surface area (Å²) in [5.41, 5.74) is 2.58. The standard InChI is InChI=1S/C23H23FN6O/c1-15-14-26-11-12-29(15)21-6-5-20-23(28-21)30(16-7-9-25-10-8-16)22(27-20)18-4-3-17(31-2)13-19(18)24/h3-10,13,15,26H,11-12,14H2,1-2H3.